The van der Waals surface area contributed by atoms with Gasteiger partial charge in [0.2, 0.25) is 11.6 Å². The van der Waals surface area contributed by atoms with E-state index in [1.807, 2.05) is 34.6 Å². The van der Waals surface area contributed by atoms with Gasteiger partial charge in [0.15, 0.2) is 0 Å². The molecule has 0 fully saturated rings. The Hall–Kier alpha value is -2.08. The predicted molar refractivity (Wildman–Crippen MR) is 122 cm³/mol. The van der Waals surface area contributed by atoms with Crippen LogP contribution in [0.25, 0.3) is 0 Å². The summed E-state index contributed by atoms with van der Waals surface area (Å²) >= 11 is 6.03. The van der Waals surface area contributed by atoms with Crippen LogP contribution in [0.15, 0.2) is 6.20 Å². The summed E-state index contributed by atoms with van der Waals surface area (Å²) in [5.41, 5.74) is -0.0105. The molecule has 0 aromatic carbocycles. The average molecular weight is 455 g/mol. The summed E-state index contributed by atoms with van der Waals surface area (Å²) < 4.78 is 16.3. The molecule has 0 bridgehead atoms. The van der Waals surface area contributed by atoms with E-state index >= 15 is 0 Å². The minimum Gasteiger partial charge on any atom is -0.444 e. The Labute approximate surface area is 190 Å². The maximum atomic E-state index is 12.1. The highest BCUT2D eigenvalue weighted by Crippen LogP contribution is 2.18. The monoisotopic (exact) mass is 454 g/mol. The third-order valence-corrected chi connectivity index (χ3v) is 4.42. The standard InChI is InChI=1S/C22H35ClN4O4/c1-8-15(4)17(14-25-21(28)31-22(5,6)7)26-19-16(13-24-20(23)27-19)11-12-18(29-9-2)30-10-3/h13,15,17-18H,8-10,14H2,1-7H3,(H,25,28)(H,24,26,27)/t15-,17+/m0/s1. The molecule has 0 saturated carbocycles. The molecule has 1 amide bonds. The first-order valence-corrected chi connectivity index (χ1v) is 11.0. The molecule has 1 aromatic heterocycles. The molecule has 1 heterocycles. The molecule has 2 N–H and O–H groups in total. The number of carbonyl (C=O) groups is 1. The molecule has 8 nitrogen and oxygen atoms in total. The van der Waals surface area contributed by atoms with Crippen LogP contribution >= 0.6 is 11.6 Å². The molecule has 1 aromatic rings. The number of ether oxygens (including phenoxy) is 3. The van der Waals surface area contributed by atoms with Gasteiger partial charge in [-0.05, 0) is 58.1 Å². The number of aromatic nitrogens is 2. The number of carbonyl (C=O) groups excluding carboxylic acids is 1. The van der Waals surface area contributed by atoms with Crippen molar-refractivity contribution in [2.45, 2.75) is 72.8 Å². The predicted octanol–water partition coefficient (Wildman–Crippen LogP) is 4.23. The molecule has 0 aliphatic heterocycles. The average Bonchev–Trinajstić information content (AvgIpc) is 2.68. The zero-order chi connectivity index (χ0) is 23.4. The van der Waals surface area contributed by atoms with E-state index in [4.69, 9.17) is 25.8 Å². The van der Waals surface area contributed by atoms with Crippen LogP contribution in [-0.2, 0) is 14.2 Å². The van der Waals surface area contributed by atoms with Gasteiger partial charge in [0, 0.05) is 32.0 Å². The van der Waals surface area contributed by atoms with E-state index in [-0.39, 0.29) is 17.2 Å². The van der Waals surface area contributed by atoms with Gasteiger partial charge in [0.25, 0.3) is 0 Å². The minimum absolute atomic E-state index is 0.0993. The smallest absolute Gasteiger partial charge is 0.407 e. The highest BCUT2D eigenvalue weighted by molar-refractivity contribution is 6.28. The Bertz CT molecular complexity index is 752. The summed E-state index contributed by atoms with van der Waals surface area (Å²) in [5.74, 6) is 6.66. The van der Waals surface area contributed by atoms with Crippen molar-refractivity contribution in [3.8, 4) is 11.8 Å². The number of alkyl carbamates (subject to hydrolysis) is 1. The first-order valence-electron chi connectivity index (χ1n) is 10.6. The summed E-state index contributed by atoms with van der Waals surface area (Å²) in [4.78, 5) is 20.4. The number of anilines is 1. The lowest BCUT2D eigenvalue weighted by Gasteiger charge is -2.26. The molecule has 0 spiro atoms. The van der Waals surface area contributed by atoms with E-state index < -0.39 is 18.0 Å². The zero-order valence-corrected chi connectivity index (χ0v) is 20.3. The third-order valence-electron chi connectivity index (χ3n) is 4.24. The van der Waals surface area contributed by atoms with Crippen molar-refractivity contribution in [1.29, 1.82) is 0 Å². The van der Waals surface area contributed by atoms with Gasteiger partial charge in [-0.3, -0.25) is 0 Å². The molecule has 1 rings (SSSR count). The van der Waals surface area contributed by atoms with Crippen molar-refractivity contribution in [2.24, 2.45) is 5.92 Å². The van der Waals surface area contributed by atoms with Crippen molar-refractivity contribution < 1.29 is 19.0 Å². The molecule has 0 unspecified atom stereocenters. The molecule has 0 aliphatic carbocycles. The van der Waals surface area contributed by atoms with Gasteiger partial charge in [-0.15, -0.1) is 0 Å². The Morgan fingerprint density at radius 3 is 2.42 bits per heavy atom. The Kier molecular flexibility index (Phi) is 11.6. The molecule has 9 heteroatoms. The second-order valence-corrected chi connectivity index (χ2v) is 8.27. The lowest BCUT2D eigenvalue weighted by atomic mass is 9.99. The number of hydrogen-bond acceptors (Lipinski definition) is 7. The van der Waals surface area contributed by atoms with Crippen molar-refractivity contribution in [2.75, 3.05) is 25.1 Å². The second-order valence-electron chi connectivity index (χ2n) is 7.93. The summed E-state index contributed by atoms with van der Waals surface area (Å²) in [5, 5.41) is 6.27. The highest BCUT2D eigenvalue weighted by Gasteiger charge is 2.21. The normalized spacial score (nSPS) is 13.2. The van der Waals surface area contributed by atoms with Gasteiger partial charge in [-0.25, -0.2) is 9.78 Å². The summed E-state index contributed by atoms with van der Waals surface area (Å²) in [6.07, 6.45) is 1.33. The lowest BCUT2D eigenvalue weighted by molar-refractivity contribution is -0.0969. The van der Waals surface area contributed by atoms with Gasteiger partial charge >= 0.3 is 6.09 Å². The SMILES string of the molecule is CCOC(C#Cc1cnc(Cl)nc1N[C@H](CNC(=O)OC(C)(C)C)[C@@H](C)CC)OCC. The molecule has 31 heavy (non-hydrogen) atoms. The molecular weight excluding hydrogens is 420 g/mol. The number of nitrogens with one attached hydrogen (secondary N) is 2. The van der Waals surface area contributed by atoms with Crippen molar-refractivity contribution >= 4 is 23.5 Å². The van der Waals surface area contributed by atoms with Crippen molar-refractivity contribution in [1.82, 2.24) is 15.3 Å². The van der Waals surface area contributed by atoms with Crippen LogP contribution in [0, 0.1) is 17.8 Å². The van der Waals surface area contributed by atoms with Gasteiger partial charge in [0.05, 0.1) is 5.56 Å². The fourth-order valence-corrected chi connectivity index (χ4v) is 2.63. The van der Waals surface area contributed by atoms with Crippen molar-refractivity contribution in [3.63, 3.8) is 0 Å². The van der Waals surface area contributed by atoms with Crippen LogP contribution in [-0.4, -0.2) is 53.8 Å². The largest absolute Gasteiger partial charge is 0.444 e. The maximum Gasteiger partial charge on any atom is 0.407 e. The van der Waals surface area contributed by atoms with Gasteiger partial charge in [-0.1, -0.05) is 26.2 Å². The number of amides is 1. The summed E-state index contributed by atoms with van der Waals surface area (Å²) in [6, 6.07) is -0.126. The molecule has 2 atom stereocenters. The van der Waals surface area contributed by atoms with Crippen LogP contribution in [0.4, 0.5) is 10.6 Å². The minimum atomic E-state index is -0.641. The van der Waals surface area contributed by atoms with Crippen molar-refractivity contribution in [3.05, 3.63) is 17.0 Å². The van der Waals surface area contributed by atoms with E-state index in [2.05, 4.69) is 46.3 Å². The van der Waals surface area contributed by atoms with Crippen LogP contribution in [0.2, 0.25) is 5.28 Å². The highest BCUT2D eigenvalue weighted by atomic mass is 35.5. The van der Waals surface area contributed by atoms with Crippen LogP contribution in [0.5, 0.6) is 0 Å². The van der Waals surface area contributed by atoms with E-state index in [1.54, 1.807) is 6.20 Å². The molecule has 0 saturated heterocycles. The van der Waals surface area contributed by atoms with Gasteiger partial charge in [0.1, 0.15) is 11.4 Å². The fourth-order valence-electron chi connectivity index (χ4n) is 2.49. The summed E-state index contributed by atoms with van der Waals surface area (Å²) in [7, 11) is 0. The van der Waals surface area contributed by atoms with Crippen LogP contribution < -0.4 is 10.6 Å². The topological polar surface area (TPSA) is 94.6 Å². The first-order chi connectivity index (χ1) is 14.6. The zero-order valence-electron chi connectivity index (χ0n) is 19.5. The number of halogens is 1. The maximum absolute atomic E-state index is 12.1. The van der Waals surface area contributed by atoms with E-state index in [1.165, 1.54) is 0 Å². The fraction of sp³-hybridized carbons (Fsp3) is 0.682. The van der Waals surface area contributed by atoms with Gasteiger partial charge < -0.3 is 24.8 Å². The summed E-state index contributed by atoms with van der Waals surface area (Å²) in [6.45, 7) is 14.7. The van der Waals surface area contributed by atoms with Gasteiger partial charge in [-0.2, -0.15) is 4.98 Å². The quantitative estimate of drug-likeness (QED) is 0.310. The third kappa shape index (κ3) is 10.7. The van der Waals surface area contributed by atoms with E-state index in [9.17, 15) is 4.79 Å². The number of rotatable bonds is 10. The molecular formula is C22H35ClN4O4. The molecule has 174 valence electrons. The first kappa shape index (κ1) is 27.0. The molecule has 0 radical (unpaired) electrons. The Morgan fingerprint density at radius 2 is 1.87 bits per heavy atom. The lowest BCUT2D eigenvalue weighted by Crippen LogP contribution is -2.42. The van der Waals surface area contributed by atoms with E-state index in [0.29, 0.717) is 31.1 Å². The number of hydrogen-bond donors (Lipinski definition) is 2. The Morgan fingerprint density at radius 1 is 1.23 bits per heavy atom. The van der Waals surface area contributed by atoms with Crippen LogP contribution in [0.3, 0.4) is 0 Å². The van der Waals surface area contributed by atoms with E-state index in [0.717, 1.165) is 6.42 Å². The Balaban J connectivity index is 3.04. The molecule has 0 aliphatic rings. The second kappa shape index (κ2) is 13.4. The van der Waals surface area contributed by atoms with Crippen LogP contribution in [0.1, 0.15) is 60.5 Å². The number of nitrogens with zero attached hydrogens (tertiary/aromatic N) is 2.